The third kappa shape index (κ3) is 4.79. The minimum atomic E-state index is -4.60. The molecular weight excluding hydrogens is 307 g/mol. The Balaban J connectivity index is 2.68. The zero-order chi connectivity index (χ0) is 16.2. The van der Waals surface area contributed by atoms with Gasteiger partial charge in [-0.1, -0.05) is 13.3 Å². The van der Waals surface area contributed by atoms with Gasteiger partial charge < -0.3 is 10.0 Å². The number of unbranched alkanes of at least 4 members (excludes halogenated alkanes) is 1. The molecule has 1 fully saturated rings. The lowest BCUT2D eigenvalue weighted by Gasteiger charge is -2.21. The fourth-order valence-corrected chi connectivity index (χ4v) is 3.40. The Hall–Kier alpha value is -0.920. The number of thioether (sulfide) groups is 1. The number of alkyl halides is 3. The molecule has 4 nitrogen and oxygen atoms in total. The fraction of sp³-hybridized carbons (Fsp3) is 0.846. The molecule has 21 heavy (non-hydrogen) atoms. The molecule has 3 atom stereocenters. The van der Waals surface area contributed by atoms with Crippen molar-refractivity contribution >= 4 is 23.6 Å². The van der Waals surface area contributed by atoms with Crippen LogP contribution in [-0.4, -0.2) is 52.2 Å². The molecule has 1 heterocycles. The third-order valence-electron chi connectivity index (χ3n) is 3.58. The number of carboxylic acids is 1. The Morgan fingerprint density at radius 1 is 1.38 bits per heavy atom. The van der Waals surface area contributed by atoms with E-state index in [1.807, 2.05) is 6.92 Å². The van der Waals surface area contributed by atoms with E-state index in [1.54, 1.807) is 6.92 Å². The number of aliphatic carboxylic acids is 1. The molecule has 1 saturated heterocycles. The molecule has 122 valence electrons. The van der Waals surface area contributed by atoms with Gasteiger partial charge in [0.1, 0.15) is 0 Å². The lowest BCUT2D eigenvalue weighted by molar-refractivity contribution is -0.188. The molecule has 0 aromatic carbocycles. The number of amides is 1. The molecule has 1 rings (SSSR count). The van der Waals surface area contributed by atoms with E-state index >= 15 is 0 Å². The number of carboxylic acid groups (broad SMARTS) is 1. The number of halogens is 3. The number of rotatable bonds is 6. The molecule has 1 aliphatic heterocycles. The average Bonchev–Trinajstić information content (AvgIpc) is 2.83. The second-order valence-corrected chi connectivity index (χ2v) is 6.65. The van der Waals surface area contributed by atoms with Crippen LogP contribution in [0, 0.1) is 11.8 Å². The summed E-state index contributed by atoms with van der Waals surface area (Å²) in [6.45, 7) is 2.74. The Kier molecular flexibility index (Phi) is 6.37. The summed E-state index contributed by atoms with van der Waals surface area (Å²) in [6.07, 6.45) is -2.68. The highest BCUT2D eigenvalue weighted by Gasteiger charge is 2.53. The highest BCUT2D eigenvalue weighted by molar-refractivity contribution is 8.00. The van der Waals surface area contributed by atoms with E-state index in [1.165, 1.54) is 11.8 Å². The second kappa shape index (κ2) is 7.38. The predicted molar refractivity (Wildman–Crippen MR) is 74.1 cm³/mol. The lowest BCUT2D eigenvalue weighted by Crippen LogP contribution is -2.36. The molecule has 8 heteroatoms. The van der Waals surface area contributed by atoms with E-state index in [-0.39, 0.29) is 6.54 Å². The van der Waals surface area contributed by atoms with Crippen LogP contribution in [0.1, 0.15) is 26.7 Å². The van der Waals surface area contributed by atoms with Crippen LogP contribution in [0.2, 0.25) is 0 Å². The topological polar surface area (TPSA) is 57.6 Å². The summed E-state index contributed by atoms with van der Waals surface area (Å²) in [7, 11) is 0. The maximum atomic E-state index is 12.9. The van der Waals surface area contributed by atoms with Gasteiger partial charge >= 0.3 is 12.1 Å². The largest absolute Gasteiger partial charge is 0.481 e. The van der Waals surface area contributed by atoms with E-state index in [0.717, 1.165) is 23.5 Å². The molecule has 1 aliphatic rings. The second-order valence-electron chi connectivity index (χ2n) is 5.20. The monoisotopic (exact) mass is 327 g/mol. The quantitative estimate of drug-likeness (QED) is 0.762. The first kappa shape index (κ1) is 18.1. The minimum absolute atomic E-state index is 0.364. The molecular formula is C13H20F3NO3S. The number of carbonyl (C=O) groups excluding carboxylic acids is 1. The van der Waals surface area contributed by atoms with Crippen LogP contribution in [0.25, 0.3) is 0 Å². The number of hydrogen-bond acceptors (Lipinski definition) is 3. The molecule has 0 radical (unpaired) electrons. The first-order valence-electron chi connectivity index (χ1n) is 6.88. The maximum absolute atomic E-state index is 12.9. The molecule has 0 aromatic rings. The molecule has 1 unspecified atom stereocenters. The molecule has 0 spiro atoms. The van der Waals surface area contributed by atoms with Crippen LogP contribution in [-0.2, 0) is 9.59 Å². The van der Waals surface area contributed by atoms with E-state index in [2.05, 4.69) is 0 Å². The van der Waals surface area contributed by atoms with Crippen LogP contribution in [0.5, 0.6) is 0 Å². The van der Waals surface area contributed by atoms with Gasteiger partial charge in [0.2, 0.25) is 5.91 Å². The highest BCUT2D eigenvalue weighted by Crippen LogP contribution is 2.38. The Morgan fingerprint density at radius 3 is 2.43 bits per heavy atom. The van der Waals surface area contributed by atoms with Crippen molar-refractivity contribution in [2.45, 2.75) is 38.1 Å². The van der Waals surface area contributed by atoms with Gasteiger partial charge in [-0.3, -0.25) is 9.59 Å². The summed E-state index contributed by atoms with van der Waals surface area (Å²) in [6, 6.07) is 0. The fourth-order valence-electron chi connectivity index (χ4n) is 2.30. The summed E-state index contributed by atoms with van der Waals surface area (Å²) in [5.74, 6) is -4.69. The lowest BCUT2D eigenvalue weighted by atomic mass is 9.96. The Labute approximate surface area is 126 Å². The van der Waals surface area contributed by atoms with Crippen molar-refractivity contribution in [3.8, 4) is 0 Å². The summed E-state index contributed by atoms with van der Waals surface area (Å²) in [4.78, 5) is 24.1. The standard InChI is InChI=1S/C13H20F3NO3S/c1-3-4-5-21-8(2)11(18)17-6-9(12(19)20)10(7-17)13(14,15)16/h8-10H,3-7H2,1-2H3,(H,19,20)/t8?,9-,10-/m1/s1. The number of hydrogen-bond donors (Lipinski definition) is 1. The van der Waals surface area contributed by atoms with Gasteiger partial charge in [0, 0.05) is 13.1 Å². The van der Waals surface area contributed by atoms with E-state index in [4.69, 9.17) is 5.11 Å². The molecule has 1 amide bonds. The summed E-state index contributed by atoms with van der Waals surface area (Å²) < 4.78 is 38.6. The van der Waals surface area contributed by atoms with Crippen LogP contribution in [0.3, 0.4) is 0 Å². The number of carbonyl (C=O) groups is 2. The number of nitrogens with zero attached hydrogens (tertiary/aromatic N) is 1. The minimum Gasteiger partial charge on any atom is -0.481 e. The zero-order valence-corrected chi connectivity index (χ0v) is 12.8. The predicted octanol–water partition coefficient (Wildman–Crippen LogP) is 2.63. The average molecular weight is 327 g/mol. The SMILES string of the molecule is CCCCSC(C)C(=O)N1C[C@@H](C(F)(F)F)[C@H](C(=O)O)C1. The van der Waals surface area contributed by atoms with Crippen molar-refractivity contribution < 1.29 is 27.9 Å². The Morgan fingerprint density at radius 2 is 2.00 bits per heavy atom. The third-order valence-corrected chi connectivity index (χ3v) is 4.81. The first-order chi connectivity index (χ1) is 9.68. The van der Waals surface area contributed by atoms with Crippen LogP contribution < -0.4 is 0 Å². The Bertz CT molecular complexity index is 389. The van der Waals surface area contributed by atoms with Crippen molar-refractivity contribution in [1.82, 2.24) is 4.90 Å². The molecule has 1 N–H and O–H groups in total. The van der Waals surface area contributed by atoms with Crippen molar-refractivity contribution in [2.24, 2.45) is 11.8 Å². The van der Waals surface area contributed by atoms with Crippen LogP contribution in [0.15, 0.2) is 0 Å². The van der Waals surface area contributed by atoms with Gasteiger partial charge in [-0.25, -0.2) is 0 Å². The maximum Gasteiger partial charge on any atom is 0.394 e. The van der Waals surface area contributed by atoms with E-state index in [0.29, 0.717) is 0 Å². The van der Waals surface area contributed by atoms with Crippen molar-refractivity contribution in [3.63, 3.8) is 0 Å². The highest BCUT2D eigenvalue weighted by atomic mass is 32.2. The first-order valence-corrected chi connectivity index (χ1v) is 7.93. The van der Waals surface area contributed by atoms with Gasteiger partial charge in [-0.05, 0) is 19.1 Å². The molecule has 0 aliphatic carbocycles. The van der Waals surface area contributed by atoms with Crippen LogP contribution >= 0.6 is 11.8 Å². The summed E-state index contributed by atoms with van der Waals surface area (Å²) in [5.41, 5.74) is 0. The normalized spacial score (nSPS) is 24.1. The van der Waals surface area contributed by atoms with Gasteiger partial charge in [0.15, 0.2) is 0 Å². The molecule has 0 aromatic heterocycles. The van der Waals surface area contributed by atoms with Gasteiger partial charge in [-0.2, -0.15) is 13.2 Å². The summed E-state index contributed by atoms with van der Waals surface area (Å²) in [5, 5.41) is 8.47. The zero-order valence-electron chi connectivity index (χ0n) is 12.0. The van der Waals surface area contributed by atoms with Gasteiger partial charge in [0.05, 0.1) is 17.1 Å². The smallest absolute Gasteiger partial charge is 0.394 e. The summed E-state index contributed by atoms with van der Waals surface area (Å²) >= 11 is 1.39. The van der Waals surface area contributed by atoms with Crippen LogP contribution in [0.4, 0.5) is 13.2 Å². The van der Waals surface area contributed by atoms with Crippen molar-refractivity contribution in [3.05, 3.63) is 0 Å². The molecule has 0 bridgehead atoms. The van der Waals surface area contributed by atoms with Gasteiger partial charge in [0.25, 0.3) is 0 Å². The van der Waals surface area contributed by atoms with E-state index in [9.17, 15) is 22.8 Å². The van der Waals surface area contributed by atoms with Crippen molar-refractivity contribution in [2.75, 3.05) is 18.8 Å². The van der Waals surface area contributed by atoms with Gasteiger partial charge in [-0.15, -0.1) is 11.8 Å². The van der Waals surface area contributed by atoms with Crippen molar-refractivity contribution in [1.29, 1.82) is 0 Å². The number of likely N-dealkylation sites (tertiary alicyclic amines) is 1. The van der Waals surface area contributed by atoms with E-state index < -0.39 is 41.7 Å². The molecule has 0 saturated carbocycles.